The first-order valence-corrected chi connectivity index (χ1v) is 5.71. The Morgan fingerprint density at radius 1 is 1.13 bits per heavy atom. The Hall–Kier alpha value is -1.44. The van der Waals surface area contributed by atoms with Gasteiger partial charge in [-0.2, -0.15) is 0 Å². The van der Waals surface area contributed by atoms with Gasteiger partial charge in [0, 0.05) is 16.9 Å². The Morgan fingerprint density at radius 3 is 2.73 bits per heavy atom. The highest BCUT2D eigenvalue weighted by molar-refractivity contribution is 5.83. The van der Waals surface area contributed by atoms with Crippen molar-refractivity contribution in [2.45, 2.75) is 31.6 Å². The molecule has 2 aromatic rings. The Kier molecular flexibility index (Phi) is 1.94. The van der Waals surface area contributed by atoms with Crippen LogP contribution in [-0.2, 0) is 0 Å². The number of nitrogens with two attached hydrogens (primary N) is 1. The van der Waals surface area contributed by atoms with Crippen molar-refractivity contribution in [3.05, 3.63) is 30.0 Å². The van der Waals surface area contributed by atoms with Gasteiger partial charge in [0.25, 0.3) is 0 Å². The second kappa shape index (κ2) is 3.30. The van der Waals surface area contributed by atoms with Crippen LogP contribution in [0.3, 0.4) is 0 Å². The highest BCUT2D eigenvalue weighted by Crippen LogP contribution is 2.35. The number of H-pyrrole nitrogens is 1. The fourth-order valence-electron chi connectivity index (χ4n) is 2.62. The molecule has 1 aromatic heterocycles. The van der Waals surface area contributed by atoms with E-state index in [1.807, 2.05) is 12.1 Å². The third-order valence-electron chi connectivity index (χ3n) is 3.46. The van der Waals surface area contributed by atoms with Crippen LogP contribution in [0.4, 0.5) is 5.69 Å². The number of aromatic nitrogens is 1. The molecule has 2 heteroatoms. The van der Waals surface area contributed by atoms with E-state index in [0.717, 1.165) is 11.6 Å². The SMILES string of the molecule is Nc1ccc2cc(C3CCCC3)[nH]c2c1. The first-order valence-electron chi connectivity index (χ1n) is 5.71. The molecule has 0 saturated heterocycles. The topological polar surface area (TPSA) is 41.8 Å². The van der Waals surface area contributed by atoms with Gasteiger partial charge in [-0.3, -0.25) is 0 Å². The third-order valence-corrected chi connectivity index (χ3v) is 3.46. The number of fused-ring (bicyclic) bond motifs is 1. The highest BCUT2D eigenvalue weighted by atomic mass is 14.7. The van der Waals surface area contributed by atoms with E-state index in [4.69, 9.17) is 5.73 Å². The van der Waals surface area contributed by atoms with Gasteiger partial charge in [0.05, 0.1) is 0 Å². The summed E-state index contributed by atoms with van der Waals surface area (Å²) in [6, 6.07) is 8.37. The normalized spacial score (nSPS) is 17.6. The zero-order chi connectivity index (χ0) is 10.3. The lowest BCUT2D eigenvalue weighted by Gasteiger charge is -2.04. The van der Waals surface area contributed by atoms with E-state index in [-0.39, 0.29) is 0 Å². The van der Waals surface area contributed by atoms with Gasteiger partial charge in [-0.15, -0.1) is 0 Å². The lowest BCUT2D eigenvalue weighted by atomic mass is 10.0. The van der Waals surface area contributed by atoms with Crippen LogP contribution >= 0.6 is 0 Å². The Bertz CT molecular complexity index is 478. The van der Waals surface area contributed by atoms with Crippen LogP contribution in [0, 0.1) is 0 Å². The van der Waals surface area contributed by atoms with Crippen molar-refractivity contribution in [1.29, 1.82) is 0 Å². The van der Waals surface area contributed by atoms with E-state index in [1.165, 1.54) is 42.3 Å². The summed E-state index contributed by atoms with van der Waals surface area (Å²) >= 11 is 0. The Balaban J connectivity index is 2.05. The number of rotatable bonds is 1. The minimum absolute atomic E-state index is 0.749. The third kappa shape index (κ3) is 1.50. The quantitative estimate of drug-likeness (QED) is 0.680. The summed E-state index contributed by atoms with van der Waals surface area (Å²) in [4.78, 5) is 3.50. The van der Waals surface area contributed by atoms with Crippen LogP contribution in [0.2, 0.25) is 0 Å². The molecular formula is C13H16N2. The number of benzene rings is 1. The molecule has 1 saturated carbocycles. The van der Waals surface area contributed by atoms with Crippen LogP contribution in [0.5, 0.6) is 0 Å². The van der Waals surface area contributed by atoms with Gasteiger partial charge in [-0.1, -0.05) is 18.9 Å². The number of nitrogens with one attached hydrogen (secondary N) is 1. The lowest BCUT2D eigenvalue weighted by Crippen LogP contribution is -1.91. The van der Waals surface area contributed by atoms with Crippen molar-refractivity contribution in [2.24, 2.45) is 0 Å². The first kappa shape index (κ1) is 8.84. The molecule has 0 amide bonds. The molecule has 3 N–H and O–H groups in total. The van der Waals surface area contributed by atoms with Crippen molar-refractivity contribution in [3.8, 4) is 0 Å². The van der Waals surface area contributed by atoms with Gasteiger partial charge in [-0.05, 0) is 42.3 Å². The van der Waals surface area contributed by atoms with Gasteiger partial charge in [0.1, 0.15) is 0 Å². The van der Waals surface area contributed by atoms with Gasteiger partial charge in [-0.25, -0.2) is 0 Å². The molecule has 0 radical (unpaired) electrons. The summed E-state index contributed by atoms with van der Waals surface area (Å²) in [5, 5.41) is 1.28. The molecule has 0 spiro atoms. The van der Waals surface area contributed by atoms with Crippen molar-refractivity contribution >= 4 is 16.6 Å². The maximum atomic E-state index is 5.77. The Morgan fingerprint density at radius 2 is 1.93 bits per heavy atom. The molecule has 3 rings (SSSR count). The summed E-state index contributed by atoms with van der Waals surface area (Å²) in [5.74, 6) is 0.749. The number of nitrogen functional groups attached to an aromatic ring is 1. The van der Waals surface area contributed by atoms with E-state index < -0.39 is 0 Å². The summed E-state index contributed by atoms with van der Waals surface area (Å²) < 4.78 is 0. The minimum Gasteiger partial charge on any atom is -0.399 e. The van der Waals surface area contributed by atoms with Crippen LogP contribution in [0.25, 0.3) is 10.9 Å². The molecule has 2 nitrogen and oxygen atoms in total. The fraction of sp³-hybridized carbons (Fsp3) is 0.385. The summed E-state index contributed by atoms with van der Waals surface area (Å²) in [6.45, 7) is 0. The first-order chi connectivity index (χ1) is 7.33. The lowest BCUT2D eigenvalue weighted by molar-refractivity contribution is 0.705. The van der Waals surface area contributed by atoms with Crippen molar-refractivity contribution < 1.29 is 0 Å². The largest absolute Gasteiger partial charge is 0.399 e. The van der Waals surface area contributed by atoms with Crippen molar-refractivity contribution in [3.63, 3.8) is 0 Å². The van der Waals surface area contributed by atoms with E-state index in [2.05, 4.69) is 17.1 Å². The fourth-order valence-corrected chi connectivity index (χ4v) is 2.62. The van der Waals surface area contributed by atoms with Crippen LogP contribution in [0.15, 0.2) is 24.3 Å². The molecule has 1 aliphatic carbocycles. The van der Waals surface area contributed by atoms with Crippen LogP contribution in [-0.4, -0.2) is 4.98 Å². The zero-order valence-electron chi connectivity index (χ0n) is 8.79. The number of aromatic amines is 1. The van der Waals surface area contributed by atoms with Gasteiger partial charge < -0.3 is 10.7 Å². The average Bonchev–Trinajstić information content (AvgIpc) is 2.84. The number of hydrogen-bond donors (Lipinski definition) is 2. The predicted octanol–water partition coefficient (Wildman–Crippen LogP) is 3.41. The standard InChI is InChI=1S/C13H16N2/c14-11-6-5-10-7-12(15-13(10)8-11)9-3-1-2-4-9/h5-9,15H,1-4,14H2. The molecule has 1 fully saturated rings. The molecule has 1 heterocycles. The van der Waals surface area contributed by atoms with E-state index in [9.17, 15) is 0 Å². The molecule has 0 atom stereocenters. The average molecular weight is 200 g/mol. The maximum absolute atomic E-state index is 5.77. The summed E-state index contributed by atoms with van der Waals surface area (Å²) in [5.41, 5.74) is 9.18. The molecule has 0 bridgehead atoms. The Labute approximate surface area is 89.5 Å². The number of hydrogen-bond acceptors (Lipinski definition) is 1. The van der Waals surface area contributed by atoms with Gasteiger partial charge in [0.15, 0.2) is 0 Å². The number of anilines is 1. The summed E-state index contributed by atoms with van der Waals surface area (Å²) in [7, 11) is 0. The van der Waals surface area contributed by atoms with E-state index in [1.54, 1.807) is 0 Å². The monoisotopic (exact) mass is 200 g/mol. The smallest absolute Gasteiger partial charge is 0.0476 e. The highest BCUT2D eigenvalue weighted by Gasteiger charge is 2.18. The molecule has 1 aromatic carbocycles. The van der Waals surface area contributed by atoms with Gasteiger partial charge in [0.2, 0.25) is 0 Å². The summed E-state index contributed by atoms with van der Waals surface area (Å²) in [6.07, 6.45) is 5.43. The van der Waals surface area contributed by atoms with E-state index in [0.29, 0.717) is 0 Å². The molecule has 0 aliphatic heterocycles. The minimum atomic E-state index is 0.749. The van der Waals surface area contributed by atoms with Crippen LogP contribution in [0.1, 0.15) is 37.3 Å². The molecule has 1 aliphatic rings. The van der Waals surface area contributed by atoms with E-state index >= 15 is 0 Å². The molecule has 0 unspecified atom stereocenters. The van der Waals surface area contributed by atoms with Gasteiger partial charge >= 0.3 is 0 Å². The second-order valence-corrected chi connectivity index (χ2v) is 4.55. The van der Waals surface area contributed by atoms with Crippen LogP contribution < -0.4 is 5.73 Å². The predicted molar refractivity (Wildman–Crippen MR) is 63.9 cm³/mol. The molecular weight excluding hydrogens is 184 g/mol. The molecule has 15 heavy (non-hydrogen) atoms. The van der Waals surface area contributed by atoms with Crippen molar-refractivity contribution in [1.82, 2.24) is 4.98 Å². The van der Waals surface area contributed by atoms with Crippen molar-refractivity contribution in [2.75, 3.05) is 5.73 Å². The second-order valence-electron chi connectivity index (χ2n) is 4.55. The maximum Gasteiger partial charge on any atom is 0.0476 e. The zero-order valence-corrected chi connectivity index (χ0v) is 8.79. The molecule has 78 valence electrons.